The summed E-state index contributed by atoms with van der Waals surface area (Å²) >= 11 is 0. The first-order valence-corrected chi connectivity index (χ1v) is 5.70. The van der Waals surface area contributed by atoms with Crippen molar-refractivity contribution in [2.45, 2.75) is 33.6 Å². The van der Waals surface area contributed by atoms with Crippen LogP contribution >= 0.6 is 0 Å². The van der Waals surface area contributed by atoms with Crippen LogP contribution in [0.25, 0.3) is 0 Å². The largest absolute Gasteiger partial charge is 0.396 e. The number of rotatable bonds is 7. The van der Waals surface area contributed by atoms with Gasteiger partial charge in [0.15, 0.2) is 5.82 Å². The minimum Gasteiger partial charge on any atom is -0.396 e. The molecule has 0 fully saturated rings. The number of nitrogens with one attached hydrogen (secondary N) is 1. The molecule has 0 aliphatic carbocycles. The molecule has 2 N–H and O–H groups in total. The second kappa shape index (κ2) is 5.96. The van der Waals surface area contributed by atoms with E-state index in [4.69, 9.17) is 4.52 Å². The zero-order valence-electron chi connectivity index (χ0n) is 10.3. The molecule has 92 valence electrons. The van der Waals surface area contributed by atoms with Crippen molar-refractivity contribution in [3.05, 3.63) is 11.7 Å². The van der Waals surface area contributed by atoms with Crippen molar-refractivity contribution < 1.29 is 9.63 Å². The molecular weight excluding hydrogens is 206 g/mol. The molecule has 0 aliphatic rings. The maximum Gasteiger partial charge on any atom is 0.223 e. The van der Waals surface area contributed by atoms with Crippen LogP contribution in [0.15, 0.2) is 4.52 Å². The molecule has 1 rings (SSSR count). The average molecular weight is 227 g/mol. The fraction of sp³-hybridized carbons (Fsp3) is 0.818. The van der Waals surface area contributed by atoms with Gasteiger partial charge in [0.05, 0.1) is 0 Å². The Morgan fingerprint density at radius 3 is 2.75 bits per heavy atom. The SMILES string of the molecule is CCC(C)(CO)CNCCc1noc(C)n1. The number of aliphatic hydroxyl groups is 1. The van der Waals surface area contributed by atoms with Crippen LogP contribution in [0.3, 0.4) is 0 Å². The van der Waals surface area contributed by atoms with E-state index in [0.717, 1.165) is 31.8 Å². The first kappa shape index (κ1) is 13.1. The average Bonchev–Trinajstić information content (AvgIpc) is 2.70. The summed E-state index contributed by atoms with van der Waals surface area (Å²) < 4.78 is 4.88. The third-order valence-electron chi connectivity index (χ3n) is 2.88. The highest BCUT2D eigenvalue weighted by molar-refractivity contribution is 4.85. The minimum absolute atomic E-state index is 0.0346. The summed E-state index contributed by atoms with van der Waals surface area (Å²) in [7, 11) is 0. The van der Waals surface area contributed by atoms with Gasteiger partial charge in [-0.25, -0.2) is 0 Å². The summed E-state index contributed by atoms with van der Waals surface area (Å²) in [5.74, 6) is 1.33. The van der Waals surface area contributed by atoms with Gasteiger partial charge in [-0.3, -0.25) is 0 Å². The van der Waals surface area contributed by atoms with Gasteiger partial charge in [0.2, 0.25) is 5.89 Å². The van der Waals surface area contributed by atoms with Crippen LogP contribution in [0.5, 0.6) is 0 Å². The number of hydrogen-bond acceptors (Lipinski definition) is 5. The lowest BCUT2D eigenvalue weighted by atomic mass is 9.89. The van der Waals surface area contributed by atoms with Crippen molar-refractivity contribution in [2.24, 2.45) is 5.41 Å². The van der Waals surface area contributed by atoms with E-state index in [-0.39, 0.29) is 12.0 Å². The fourth-order valence-electron chi connectivity index (χ4n) is 1.33. The van der Waals surface area contributed by atoms with Crippen molar-refractivity contribution >= 4 is 0 Å². The number of nitrogens with zero attached hydrogens (tertiary/aromatic N) is 2. The lowest BCUT2D eigenvalue weighted by molar-refractivity contribution is 0.136. The highest BCUT2D eigenvalue weighted by Crippen LogP contribution is 2.18. The Balaban J connectivity index is 2.21. The van der Waals surface area contributed by atoms with Crippen LogP contribution in [0.1, 0.15) is 32.0 Å². The molecule has 0 spiro atoms. The Morgan fingerprint density at radius 2 is 2.25 bits per heavy atom. The lowest BCUT2D eigenvalue weighted by Crippen LogP contribution is -2.35. The van der Waals surface area contributed by atoms with Crippen molar-refractivity contribution in [1.29, 1.82) is 0 Å². The van der Waals surface area contributed by atoms with Gasteiger partial charge in [0.1, 0.15) is 0 Å². The molecule has 5 nitrogen and oxygen atoms in total. The molecule has 0 saturated carbocycles. The minimum atomic E-state index is -0.0346. The predicted octanol–water partition coefficient (Wildman–Crippen LogP) is 0.919. The third-order valence-corrected chi connectivity index (χ3v) is 2.88. The quantitative estimate of drug-likeness (QED) is 0.678. The fourth-order valence-corrected chi connectivity index (χ4v) is 1.33. The second-order valence-corrected chi connectivity index (χ2v) is 4.48. The number of hydrogen-bond donors (Lipinski definition) is 2. The molecule has 0 saturated heterocycles. The molecular formula is C11H21N3O2. The van der Waals surface area contributed by atoms with Gasteiger partial charge in [0.25, 0.3) is 0 Å². The first-order chi connectivity index (χ1) is 7.59. The van der Waals surface area contributed by atoms with E-state index in [1.165, 1.54) is 0 Å². The Bertz CT molecular complexity index is 308. The molecule has 0 aromatic carbocycles. The standard InChI is InChI=1S/C11H21N3O2/c1-4-11(3,8-15)7-12-6-5-10-13-9(2)16-14-10/h12,15H,4-8H2,1-3H3. The molecule has 0 aliphatic heterocycles. The predicted molar refractivity (Wildman–Crippen MR) is 61.1 cm³/mol. The van der Waals surface area contributed by atoms with E-state index >= 15 is 0 Å². The molecule has 0 amide bonds. The first-order valence-electron chi connectivity index (χ1n) is 5.70. The number of aromatic nitrogens is 2. The Kier molecular flexibility index (Phi) is 4.89. The summed E-state index contributed by atoms with van der Waals surface area (Å²) in [6, 6.07) is 0. The van der Waals surface area contributed by atoms with Crippen LogP contribution in [0, 0.1) is 12.3 Å². The van der Waals surface area contributed by atoms with Crippen LogP contribution < -0.4 is 5.32 Å². The van der Waals surface area contributed by atoms with E-state index in [9.17, 15) is 5.11 Å². The van der Waals surface area contributed by atoms with E-state index in [1.807, 2.05) is 0 Å². The van der Waals surface area contributed by atoms with Gasteiger partial charge in [-0.2, -0.15) is 4.98 Å². The zero-order valence-corrected chi connectivity index (χ0v) is 10.3. The van der Waals surface area contributed by atoms with E-state index < -0.39 is 0 Å². The summed E-state index contributed by atoms with van der Waals surface area (Å²) in [6.45, 7) is 7.74. The van der Waals surface area contributed by atoms with Gasteiger partial charge >= 0.3 is 0 Å². The number of aliphatic hydroxyl groups excluding tert-OH is 1. The third kappa shape index (κ3) is 3.90. The van der Waals surface area contributed by atoms with Gasteiger partial charge in [-0.05, 0) is 6.42 Å². The normalized spacial score (nSPS) is 15.0. The van der Waals surface area contributed by atoms with Crippen molar-refractivity contribution in [3.8, 4) is 0 Å². The maximum atomic E-state index is 9.23. The van der Waals surface area contributed by atoms with Crippen molar-refractivity contribution in [1.82, 2.24) is 15.5 Å². The van der Waals surface area contributed by atoms with Crippen molar-refractivity contribution in [2.75, 3.05) is 19.7 Å². The molecule has 1 aromatic rings. The van der Waals surface area contributed by atoms with Gasteiger partial charge in [0, 0.05) is 38.5 Å². The van der Waals surface area contributed by atoms with Crippen molar-refractivity contribution in [3.63, 3.8) is 0 Å². The molecule has 5 heteroatoms. The highest BCUT2D eigenvalue weighted by atomic mass is 16.5. The molecule has 0 radical (unpaired) electrons. The maximum absolute atomic E-state index is 9.23. The molecule has 0 bridgehead atoms. The molecule has 1 heterocycles. The Morgan fingerprint density at radius 1 is 1.50 bits per heavy atom. The zero-order chi connectivity index (χ0) is 12.0. The van der Waals surface area contributed by atoms with Crippen LogP contribution in [0.2, 0.25) is 0 Å². The lowest BCUT2D eigenvalue weighted by Gasteiger charge is -2.25. The van der Waals surface area contributed by atoms with E-state index in [2.05, 4.69) is 29.3 Å². The molecule has 1 aromatic heterocycles. The Hall–Kier alpha value is -0.940. The smallest absolute Gasteiger partial charge is 0.223 e. The summed E-state index contributed by atoms with van der Waals surface area (Å²) in [5.41, 5.74) is -0.0346. The van der Waals surface area contributed by atoms with Crippen LogP contribution in [-0.4, -0.2) is 34.9 Å². The summed E-state index contributed by atoms with van der Waals surface area (Å²) in [5, 5.41) is 16.3. The molecule has 1 atom stereocenters. The molecule has 1 unspecified atom stereocenters. The summed E-state index contributed by atoms with van der Waals surface area (Å²) in [6.07, 6.45) is 1.71. The van der Waals surface area contributed by atoms with Crippen LogP contribution in [0.4, 0.5) is 0 Å². The molecule has 16 heavy (non-hydrogen) atoms. The van der Waals surface area contributed by atoms with Crippen LogP contribution in [-0.2, 0) is 6.42 Å². The second-order valence-electron chi connectivity index (χ2n) is 4.48. The van der Waals surface area contributed by atoms with E-state index in [0.29, 0.717) is 5.89 Å². The monoisotopic (exact) mass is 227 g/mol. The Labute approximate surface area is 96.2 Å². The number of aryl methyl sites for hydroxylation is 1. The van der Waals surface area contributed by atoms with Gasteiger partial charge in [-0.1, -0.05) is 19.0 Å². The highest BCUT2D eigenvalue weighted by Gasteiger charge is 2.19. The van der Waals surface area contributed by atoms with E-state index in [1.54, 1.807) is 6.92 Å². The van der Waals surface area contributed by atoms with Gasteiger partial charge in [-0.15, -0.1) is 0 Å². The topological polar surface area (TPSA) is 71.2 Å². The van der Waals surface area contributed by atoms with Gasteiger partial charge < -0.3 is 14.9 Å². The summed E-state index contributed by atoms with van der Waals surface area (Å²) in [4.78, 5) is 4.12.